The predicted molar refractivity (Wildman–Crippen MR) is 94.7 cm³/mol. The van der Waals surface area contributed by atoms with Gasteiger partial charge in [0.15, 0.2) is 5.13 Å². The van der Waals surface area contributed by atoms with E-state index in [2.05, 4.69) is 15.4 Å². The summed E-state index contributed by atoms with van der Waals surface area (Å²) < 4.78 is 6.92. The summed E-state index contributed by atoms with van der Waals surface area (Å²) in [5.74, 6) is 0.636. The molecule has 0 unspecified atom stereocenters. The number of methoxy groups -OCH3 is 1. The Morgan fingerprint density at radius 2 is 2.21 bits per heavy atom. The lowest BCUT2D eigenvalue weighted by Crippen LogP contribution is -2.17. The molecule has 0 fully saturated rings. The number of carbonyl (C=O) groups is 1. The molecule has 3 aromatic rings. The maximum absolute atomic E-state index is 12.3. The maximum Gasteiger partial charge on any atom is 0.275 e. The molecular weight excluding hydrogens is 324 g/mol. The molecule has 3 rings (SSSR count). The van der Waals surface area contributed by atoms with Crippen LogP contribution in [0.4, 0.5) is 5.13 Å². The summed E-state index contributed by atoms with van der Waals surface area (Å²) in [7, 11) is 1.65. The SMILES string of the molecule is CCn1nccc1C(=O)Nc1nc(-c2ccc(OC)c(C)c2)cs1. The largest absolute Gasteiger partial charge is 0.496 e. The molecule has 124 valence electrons. The highest BCUT2D eigenvalue weighted by Gasteiger charge is 2.14. The number of aryl methyl sites for hydroxylation is 2. The van der Waals surface area contributed by atoms with E-state index in [0.29, 0.717) is 17.4 Å². The minimum absolute atomic E-state index is 0.207. The molecular formula is C17H18N4O2S. The molecule has 1 N–H and O–H groups in total. The first kappa shape index (κ1) is 16.2. The van der Waals surface area contributed by atoms with E-state index in [1.807, 2.05) is 37.4 Å². The van der Waals surface area contributed by atoms with E-state index < -0.39 is 0 Å². The fourth-order valence-electron chi connectivity index (χ4n) is 2.44. The molecule has 0 saturated carbocycles. The number of hydrogen-bond donors (Lipinski definition) is 1. The Hall–Kier alpha value is -2.67. The van der Waals surface area contributed by atoms with Crippen molar-refractivity contribution in [2.75, 3.05) is 12.4 Å². The van der Waals surface area contributed by atoms with Crippen molar-refractivity contribution in [3.63, 3.8) is 0 Å². The van der Waals surface area contributed by atoms with Gasteiger partial charge in [-0.2, -0.15) is 5.10 Å². The first-order valence-corrected chi connectivity index (χ1v) is 8.44. The second-order valence-electron chi connectivity index (χ2n) is 5.21. The summed E-state index contributed by atoms with van der Waals surface area (Å²) in [5.41, 5.74) is 3.38. The molecule has 24 heavy (non-hydrogen) atoms. The van der Waals surface area contributed by atoms with Gasteiger partial charge in [-0.1, -0.05) is 0 Å². The van der Waals surface area contributed by atoms with Crippen LogP contribution in [0.15, 0.2) is 35.8 Å². The van der Waals surface area contributed by atoms with Crippen LogP contribution in [-0.4, -0.2) is 27.8 Å². The van der Waals surface area contributed by atoms with E-state index in [0.717, 1.165) is 22.6 Å². The molecule has 7 heteroatoms. The maximum atomic E-state index is 12.3. The molecule has 0 saturated heterocycles. The molecule has 1 amide bonds. The number of carbonyl (C=O) groups excluding carboxylic acids is 1. The average Bonchev–Trinajstić information content (AvgIpc) is 3.23. The van der Waals surface area contributed by atoms with Gasteiger partial charge in [0.1, 0.15) is 11.4 Å². The lowest BCUT2D eigenvalue weighted by Gasteiger charge is -2.06. The Morgan fingerprint density at radius 1 is 1.38 bits per heavy atom. The fraction of sp³-hybridized carbons (Fsp3) is 0.235. The smallest absolute Gasteiger partial charge is 0.275 e. The second kappa shape index (κ2) is 6.84. The molecule has 0 aliphatic carbocycles. The van der Waals surface area contributed by atoms with Crippen LogP contribution in [0.2, 0.25) is 0 Å². The molecule has 0 bridgehead atoms. The van der Waals surface area contributed by atoms with Crippen molar-refractivity contribution in [1.29, 1.82) is 0 Å². The summed E-state index contributed by atoms with van der Waals surface area (Å²) >= 11 is 1.40. The molecule has 0 radical (unpaired) electrons. The molecule has 0 aliphatic heterocycles. The molecule has 2 heterocycles. The lowest BCUT2D eigenvalue weighted by atomic mass is 10.1. The summed E-state index contributed by atoms with van der Waals surface area (Å²) in [6.07, 6.45) is 1.62. The van der Waals surface area contributed by atoms with Crippen LogP contribution in [-0.2, 0) is 6.54 Å². The van der Waals surface area contributed by atoms with Gasteiger partial charge < -0.3 is 4.74 Å². The highest BCUT2D eigenvalue weighted by molar-refractivity contribution is 7.14. The van der Waals surface area contributed by atoms with Crippen LogP contribution in [0.5, 0.6) is 5.75 Å². The van der Waals surface area contributed by atoms with Gasteiger partial charge in [0, 0.05) is 23.7 Å². The molecule has 6 nitrogen and oxygen atoms in total. The molecule has 1 aromatic carbocycles. The first-order chi connectivity index (χ1) is 11.6. The number of thiazole rings is 1. The lowest BCUT2D eigenvalue weighted by molar-refractivity contribution is 0.101. The molecule has 0 spiro atoms. The Balaban J connectivity index is 1.78. The normalized spacial score (nSPS) is 10.6. The third-order valence-corrected chi connectivity index (χ3v) is 4.42. The number of nitrogens with one attached hydrogen (secondary N) is 1. The van der Waals surface area contributed by atoms with Gasteiger partial charge in [-0.15, -0.1) is 11.3 Å². The van der Waals surface area contributed by atoms with Gasteiger partial charge in [0.25, 0.3) is 5.91 Å². The van der Waals surface area contributed by atoms with E-state index in [9.17, 15) is 4.79 Å². The Bertz CT molecular complexity index is 869. The van der Waals surface area contributed by atoms with Crippen LogP contribution in [0.1, 0.15) is 23.0 Å². The standard InChI is InChI=1S/C17H18N4O2S/c1-4-21-14(7-8-18-21)16(22)20-17-19-13(10-24-17)12-5-6-15(23-3)11(2)9-12/h5-10H,4H2,1-3H3,(H,19,20,22). The van der Waals surface area contributed by atoms with E-state index >= 15 is 0 Å². The highest BCUT2D eigenvalue weighted by atomic mass is 32.1. The number of aromatic nitrogens is 3. The van der Waals surface area contributed by atoms with Crippen molar-refractivity contribution >= 4 is 22.4 Å². The molecule has 0 aliphatic rings. The molecule has 2 aromatic heterocycles. The summed E-state index contributed by atoms with van der Waals surface area (Å²) in [6.45, 7) is 4.57. The van der Waals surface area contributed by atoms with Crippen LogP contribution in [0.3, 0.4) is 0 Å². The summed E-state index contributed by atoms with van der Waals surface area (Å²) in [6, 6.07) is 7.59. The fourth-order valence-corrected chi connectivity index (χ4v) is 3.15. The van der Waals surface area contributed by atoms with E-state index in [1.165, 1.54) is 11.3 Å². The van der Waals surface area contributed by atoms with Crippen molar-refractivity contribution in [1.82, 2.24) is 14.8 Å². The first-order valence-electron chi connectivity index (χ1n) is 7.56. The predicted octanol–water partition coefficient (Wildman–Crippen LogP) is 3.60. The van der Waals surface area contributed by atoms with Crippen molar-refractivity contribution in [3.8, 4) is 17.0 Å². The van der Waals surface area contributed by atoms with Gasteiger partial charge in [-0.3, -0.25) is 14.8 Å². The van der Waals surface area contributed by atoms with Crippen molar-refractivity contribution in [3.05, 3.63) is 47.1 Å². The van der Waals surface area contributed by atoms with Crippen molar-refractivity contribution < 1.29 is 9.53 Å². The van der Waals surface area contributed by atoms with Crippen LogP contribution >= 0.6 is 11.3 Å². The van der Waals surface area contributed by atoms with Gasteiger partial charge in [0.05, 0.1) is 12.8 Å². The topological polar surface area (TPSA) is 69.0 Å². The van der Waals surface area contributed by atoms with Crippen molar-refractivity contribution in [2.24, 2.45) is 0 Å². The Morgan fingerprint density at radius 3 is 2.92 bits per heavy atom. The van der Waals surface area contributed by atoms with Crippen LogP contribution in [0, 0.1) is 6.92 Å². The molecule has 0 atom stereocenters. The number of amides is 1. The third-order valence-electron chi connectivity index (χ3n) is 3.66. The zero-order valence-corrected chi connectivity index (χ0v) is 14.6. The highest BCUT2D eigenvalue weighted by Crippen LogP contribution is 2.28. The minimum Gasteiger partial charge on any atom is -0.496 e. The van der Waals surface area contributed by atoms with Crippen molar-refractivity contribution in [2.45, 2.75) is 20.4 Å². The number of rotatable bonds is 5. The van der Waals surface area contributed by atoms with E-state index in [4.69, 9.17) is 4.74 Å². The van der Waals surface area contributed by atoms with E-state index in [-0.39, 0.29) is 5.91 Å². The zero-order chi connectivity index (χ0) is 17.1. The zero-order valence-electron chi connectivity index (χ0n) is 13.7. The average molecular weight is 342 g/mol. The Labute approximate surface area is 144 Å². The number of hydrogen-bond acceptors (Lipinski definition) is 5. The number of anilines is 1. The third kappa shape index (κ3) is 3.16. The quantitative estimate of drug-likeness (QED) is 0.769. The van der Waals surface area contributed by atoms with Crippen LogP contribution < -0.4 is 10.1 Å². The van der Waals surface area contributed by atoms with E-state index in [1.54, 1.807) is 24.1 Å². The minimum atomic E-state index is -0.207. The van der Waals surface area contributed by atoms with Gasteiger partial charge >= 0.3 is 0 Å². The monoisotopic (exact) mass is 342 g/mol. The Kier molecular flexibility index (Phi) is 4.61. The second-order valence-corrected chi connectivity index (χ2v) is 6.07. The number of benzene rings is 1. The van der Waals surface area contributed by atoms with Crippen LogP contribution in [0.25, 0.3) is 11.3 Å². The van der Waals surface area contributed by atoms with Gasteiger partial charge in [-0.05, 0) is 43.7 Å². The van der Waals surface area contributed by atoms with Gasteiger partial charge in [0.2, 0.25) is 0 Å². The summed E-state index contributed by atoms with van der Waals surface area (Å²) in [5, 5.41) is 9.42. The van der Waals surface area contributed by atoms with Gasteiger partial charge in [-0.25, -0.2) is 4.98 Å². The number of ether oxygens (including phenoxy) is 1. The summed E-state index contributed by atoms with van der Waals surface area (Å²) in [4.78, 5) is 16.8. The number of nitrogens with zero attached hydrogens (tertiary/aromatic N) is 3.